The first kappa shape index (κ1) is 7.19. The summed E-state index contributed by atoms with van der Waals surface area (Å²) < 4.78 is 3.93. The number of hydrogen-bond donors (Lipinski definition) is 3. The average molecular weight is 121 g/mol. The van der Waals surface area contributed by atoms with E-state index in [2.05, 4.69) is 10.1 Å². The van der Waals surface area contributed by atoms with E-state index in [0.29, 0.717) is 0 Å². The smallest absolute Gasteiger partial charge is 0.450 e. The van der Waals surface area contributed by atoms with Crippen LogP contribution in [0.5, 0.6) is 0 Å². The lowest BCUT2D eigenvalue weighted by molar-refractivity contribution is 0.0754. The van der Waals surface area contributed by atoms with Crippen LogP contribution in [-0.4, -0.2) is 29.8 Å². The van der Waals surface area contributed by atoms with E-state index in [1.165, 1.54) is 0 Å². The van der Waals surface area contributed by atoms with Gasteiger partial charge in [-0.1, -0.05) is 0 Å². The number of carbonyl (C=O) groups is 1. The minimum absolute atomic E-state index is 0.175. The second-order valence-corrected chi connectivity index (χ2v) is 0.963. The first-order chi connectivity index (χ1) is 3.77. The number of hydrogen-bond acceptors (Lipinski definition) is 4. The van der Waals surface area contributed by atoms with Gasteiger partial charge in [-0.05, 0) is 0 Å². The van der Waals surface area contributed by atoms with Crippen LogP contribution in [0.4, 0.5) is 4.79 Å². The molecule has 0 fully saturated rings. The Hall–Kier alpha value is -0.810. The molecule has 0 atom stereocenters. The van der Waals surface area contributed by atoms with Gasteiger partial charge in [0.05, 0.1) is 6.73 Å². The van der Waals surface area contributed by atoms with Crippen molar-refractivity contribution in [3.63, 3.8) is 0 Å². The van der Waals surface area contributed by atoms with Gasteiger partial charge in [0.2, 0.25) is 0 Å². The molecular weight excluding hydrogens is 114 g/mol. The molecule has 0 aromatic heterocycles. The lowest BCUT2D eigenvalue weighted by Gasteiger charge is -1.96. The molecule has 48 valence electrons. The van der Waals surface area contributed by atoms with E-state index >= 15 is 0 Å². The highest BCUT2D eigenvalue weighted by Crippen LogP contribution is 1.68. The fourth-order valence-electron chi connectivity index (χ4n) is 0.158. The number of rotatable bonds is 3. The van der Waals surface area contributed by atoms with E-state index in [0.717, 1.165) is 0 Å². The Morgan fingerprint density at radius 1 is 1.75 bits per heavy atom. The van der Waals surface area contributed by atoms with Gasteiger partial charge in [-0.25, -0.2) is 4.79 Å². The van der Waals surface area contributed by atoms with Crippen LogP contribution in [0.3, 0.4) is 0 Å². The van der Waals surface area contributed by atoms with Gasteiger partial charge in [-0.3, -0.25) is 5.32 Å². The quantitative estimate of drug-likeness (QED) is 0.258. The third kappa shape index (κ3) is 5.19. The Bertz CT molecular complexity index is 73.7. The van der Waals surface area contributed by atoms with E-state index in [9.17, 15) is 4.79 Å². The Balaban J connectivity index is 2.82. The molecule has 0 aromatic carbocycles. The number of ether oxygens (including phenoxy) is 1. The summed E-state index contributed by atoms with van der Waals surface area (Å²) in [6, 6.07) is 0. The van der Waals surface area contributed by atoms with Crippen LogP contribution in [0, 0.1) is 0 Å². The molecule has 0 aromatic rings. The van der Waals surface area contributed by atoms with E-state index in [-0.39, 0.29) is 13.5 Å². The maximum absolute atomic E-state index is 9.53. The van der Waals surface area contributed by atoms with Crippen LogP contribution in [0.2, 0.25) is 0 Å². The average Bonchev–Trinajstić information content (AvgIpc) is 1.66. The van der Waals surface area contributed by atoms with Crippen LogP contribution >= 0.6 is 0 Å². The summed E-state index contributed by atoms with van der Waals surface area (Å²) in [4.78, 5) is 9.53. The Labute approximate surface area is 45.9 Å². The van der Waals surface area contributed by atoms with Crippen molar-refractivity contribution in [2.45, 2.75) is 0 Å². The lowest BCUT2D eigenvalue weighted by Crippen LogP contribution is -2.20. The third-order valence-corrected chi connectivity index (χ3v) is 0.410. The van der Waals surface area contributed by atoms with Crippen molar-refractivity contribution >= 4 is 6.16 Å². The molecule has 5 nitrogen and oxygen atoms in total. The largest absolute Gasteiger partial charge is 0.507 e. The summed E-state index contributed by atoms with van der Waals surface area (Å²) >= 11 is 0. The molecule has 0 radical (unpaired) electrons. The van der Waals surface area contributed by atoms with Crippen molar-refractivity contribution in [2.75, 3.05) is 13.5 Å². The third-order valence-electron chi connectivity index (χ3n) is 0.410. The first-order valence-corrected chi connectivity index (χ1v) is 1.94. The molecule has 3 N–H and O–H groups in total. The maximum Gasteiger partial charge on any atom is 0.507 e. The van der Waals surface area contributed by atoms with Crippen molar-refractivity contribution in [1.82, 2.24) is 5.32 Å². The van der Waals surface area contributed by atoms with Crippen molar-refractivity contribution in [3.05, 3.63) is 0 Å². The molecule has 0 bridgehead atoms. The Morgan fingerprint density at radius 3 is 2.75 bits per heavy atom. The second-order valence-electron chi connectivity index (χ2n) is 0.963. The zero-order valence-corrected chi connectivity index (χ0v) is 4.13. The summed E-state index contributed by atoms with van der Waals surface area (Å²) in [5.41, 5.74) is 0. The molecular formula is C3H7NO4. The molecule has 0 saturated carbocycles. The fourth-order valence-corrected chi connectivity index (χ4v) is 0.158. The van der Waals surface area contributed by atoms with E-state index in [1.807, 2.05) is 0 Å². The Kier molecular flexibility index (Phi) is 3.91. The standard InChI is InChI=1S/C3H7NO4/c5-1-4-2-8-3(6)7/h4-5H,1-2H2,(H,6,7). The highest BCUT2D eigenvalue weighted by Gasteiger charge is 1.90. The summed E-state index contributed by atoms with van der Waals surface area (Å²) in [6.45, 7) is -0.459. The highest BCUT2D eigenvalue weighted by molar-refractivity contribution is 5.56. The van der Waals surface area contributed by atoms with Gasteiger partial charge >= 0.3 is 6.16 Å². The summed E-state index contributed by atoms with van der Waals surface area (Å²) in [6.07, 6.45) is -1.36. The van der Waals surface area contributed by atoms with Crippen molar-refractivity contribution in [2.24, 2.45) is 0 Å². The number of carboxylic acid groups (broad SMARTS) is 1. The van der Waals surface area contributed by atoms with Gasteiger partial charge < -0.3 is 14.9 Å². The number of aliphatic hydroxyl groups excluding tert-OH is 1. The van der Waals surface area contributed by atoms with Crippen LogP contribution < -0.4 is 5.32 Å². The van der Waals surface area contributed by atoms with Crippen molar-refractivity contribution in [3.8, 4) is 0 Å². The first-order valence-electron chi connectivity index (χ1n) is 1.94. The molecule has 0 aliphatic rings. The van der Waals surface area contributed by atoms with Crippen molar-refractivity contribution < 1.29 is 19.7 Å². The van der Waals surface area contributed by atoms with Gasteiger partial charge in [0.1, 0.15) is 6.73 Å². The van der Waals surface area contributed by atoms with Gasteiger partial charge in [0, 0.05) is 0 Å². The lowest BCUT2D eigenvalue weighted by atomic mass is 11.1. The SMILES string of the molecule is O=C(O)OCNCO. The summed E-state index contributed by atoms with van der Waals surface area (Å²) in [5, 5.41) is 18.0. The number of aliphatic hydroxyl groups is 1. The molecule has 5 heteroatoms. The predicted molar refractivity (Wildman–Crippen MR) is 24.2 cm³/mol. The molecule has 0 heterocycles. The zero-order chi connectivity index (χ0) is 6.41. The summed E-state index contributed by atoms with van der Waals surface area (Å²) in [5.74, 6) is 0. The second kappa shape index (κ2) is 4.35. The van der Waals surface area contributed by atoms with Crippen LogP contribution in [0.1, 0.15) is 0 Å². The molecule has 0 rings (SSSR count). The van der Waals surface area contributed by atoms with Crippen LogP contribution in [0.25, 0.3) is 0 Å². The van der Waals surface area contributed by atoms with Gasteiger partial charge in [-0.2, -0.15) is 0 Å². The summed E-state index contributed by atoms with van der Waals surface area (Å²) in [7, 11) is 0. The predicted octanol–water partition coefficient (Wildman–Crippen LogP) is -0.822. The van der Waals surface area contributed by atoms with E-state index < -0.39 is 6.16 Å². The number of nitrogens with one attached hydrogen (secondary N) is 1. The topological polar surface area (TPSA) is 78.8 Å². The van der Waals surface area contributed by atoms with E-state index in [1.54, 1.807) is 0 Å². The molecule has 0 spiro atoms. The monoisotopic (exact) mass is 121 g/mol. The maximum atomic E-state index is 9.53. The van der Waals surface area contributed by atoms with Crippen LogP contribution in [-0.2, 0) is 4.74 Å². The molecule has 8 heavy (non-hydrogen) atoms. The molecule has 0 aliphatic carbocycles. The molecule has 0 saturated heterocycles. The minimum Gasteiger partial charge on any atom is -0.450 e. The van der Waals surface area contributed by atoms with Crippen LogP contribution in [0.15, 0.2) is 0 Å². The zero-order valence-electron chi connectivity index (χ0n) is 4.13. The fraction of sp³-hybridized carbons (Fsp3) is 0.667. The molecule has 0 amide bonds. The van der Waals surface area contributed by atoms with Gasteiger partial charge in [0.15, 0.2) is 0 Å². The molecule has 0 unspecified atom stereocenters. The van der Waals surface area contributed by atoms with E-state index in [4.69, 9.17) is 10.2 Å². The highest BCUT2D eigenvalue weighted by atomic mass is 16.7. The minimum atomic E-state index is -1.36. The van der Waals surface area contributed by atoms with Crippen molar-refractivity contribution in [1.29, 1.82) is 0 Å². The Morgan fingerprint density at radius 2 is 2.38 bits per heavy atom. The molecule has 0 aliphatic heterocycles. The van der Waals surface area contributed by atoms with Gasteiger partial charge in [0.25, 0.3) is 0 Å². The van der Waals surface area contributed by atoms with Gasteiger partial charge in [-0.15, -0.1) is 0 Å². The normalized spacial score (nSPS) is 8.62.